The number of carbonyl (C=O) groups excluding carboxylic acids is 1. The number of rotatable bonds is 5. The van der Waals surface area contributed by atoms with E-state index in [0.29, 0.717) is 23.6 Å². The van der Waals surface area contributed by atoms with E-state index in [1.54, 1.807) is 30.3 Å². The molecule has 2 N–H and O–H groups in total. The largest absolute Gasteiger partial charge is 0.296 e. The molecule has 0 aliphatic carbocycles. The number of hydrogen-bond acceptors (Lipinski definition) is 4. The van der Waals surface area contributed by atoms with Gasteiger partial charge in [-0.25, -0.2) is 8.42 Å². The molecule has 3 rings (SSSR count). The van der Waals surface area contributed by atoms with Gasteiger partial charge in [0.05, 0.1) is 20.6 Å². The number of hydrogen-bond donors (Lipinski definition) is 2. The molecule has 0 spiro atoms. The van der Waals surface area contributed by atoms with Crippen LogP contribution in [0.4, 0.5) is 5.69 Å². The highest BCUT2D eigenvalue weighted by Crippen LogP contribution is 2.33. The Bertz CT molecular complexity index is 940. The van der Waals surface area contributed by atoms with Gasteiger partial charge in [-0.3, -0.25) is 15.6 Å². The van der Waals surface area contributed by atoms with Crippen molar-refractivity contribution in [1.29, 1.82) is 0 Å². The minimum atomic E-state index is -3.54. The number of benzene rings is 2. The minimum Gasteiger partial charge on any atom is -0.296 e. The summed E-state index contributed by atoms with van der Waals surface area (Å²) in [5.41, 5.74) is 5.66. The van der Waals surface area contributed by atoms with Crippen molar-refractivity contribution in [3.8, 4) is 0 Å². The summed E-state index contributed by atoms with van der Waals surface area (Å²) in [6.45, 7) is 0.551. The number of carbonyl (C=O) groups is 1. The van der Waals surface area contributed by atoms with Crippen LogP contribution in [0, 0.1) is 5.92 Å². The zero-order valence-electron chi connectivity index (χ0n) is 14.7. The number of nitrogens with one attached hydrogen (secondary N) is 2. The molecule has 0 bridgehead atoms. The zero-order valence-corrected chi connectivity index (χ0v) is 17.7. The lowest BCUT2D eigenvalue weighted by Gasteiger charge is -2.30. The van der Waals surface area contributed by atoms with Crippen molar-refractivity contribution >= 4 is 56.4 Å². The highest BCUT2D eigenvalue weighted by molar-refractivity contribution is 7.89. The first kappa shape index (κ1) is 21.2. The van der Waals surface area contributed by atoms with Gasteiger partial charge in [0.2, 0.25) is 15.9 Å². The SMILES string of the molecule is O=C(NNc1c(Cl)cc(Cl)cc1Cl)C1CCN(S(=O)(=O)c2ccccc2)CC1. The van der Waals surface area contributed by atoms with E-state index in [0.717, 1.165) is 0 Å². The highest BCUT2D eigenvalue weighted by Gasteiger charge is 2.32. The first-order valence-electron chi connectivity index (χ1n) is 8.54. The lowest BCUT2D eigenvalue weighted by Crippen LogP contribution is -2.44. The van der Waals surface area contributed by atoms with Gasteiger partial charge in [0.15, 0.2) is 0 Å². The maximum absolute atomic E-state index is 12.6. The molecule has 0 atom stereocenters. The van der Waals surface area contributed by atoms with Gasteiger partial charge in [-0.15, -0.1) is 0 Å². The number of sulfonamides is 1. The Hall–Kier alpha value is -1.51. The number of amides is 1. The van der Waals surface area contributed by atoms with Crippen LogP contribution in [0.3, 0.4) is 0 Å². The third kappa shape index (κ3) is 4.72. The fourth-order valence-electron chi connectivity index (χ4n) is 2.99. The van der Waals surface area contributed by atoms with Crippen molar-refractivity contribution < 1.29 is 13.2 Å². The van der Waals surface area contributed by atoms with Gasteiger partial charge in [-0.05, 0) is 37.1 Å². The second-order valence-electron chi connectivity index (χ2n) is 6.35. The van der Waals surface area contributed by atoms with Gasteiger partial charge in [0.1, 0.15) is 0 Å². The van der Waals surface area contributed by atoms with Gasteiger partial charge in [-0.1, -0.05) is 53.0 Å². The number of anilines is 1. The topological polar surface area (TPSA) is 78.5 Å². The van der Waals surface area contributed by atoms with Crippen LogP contribution in [-0.4, -0.2) is 31.7 Å². The van der Waals surface area contributed by atoms with Gasteiger partial charge >= 0.3 is 0 Å². The Morgan fingerprint density at radius 3 is 2.14 bits per heavy atom. The number of nitrogens with zero attached hydrogens (tertiary/aromatic N) is 1. The van der Waals surface area contributed by atoms with Gasteiger partial charge < -0.3 is 0 Å². The van der Waals surface area contributed by atoms with E-state index < -0.39 is 10.0 Å². The Labute approximate surface area is 178 Å². The molecule has 1 heterocycles. The molecular formula is C18H18Cl3N3O3S. The molecule has 0 saturated carbocycles. The van der Waals surface area contributed by atoms with Crippen LogP contribution in [0.15, 0.2) is 47.4 Å². The van der Waals surface area contributed by atoms with E-state index in [9.17, 15) is 13.2 Å². The summed E-state index contributed by atoms with van der Waals surface area (Å²) in [4.78, 5) is 12.7. The molecule has 28 heavy (non-hydrogen) atoms. The third-order valence-corrected chi connectivity index (χ3v) is 7.25. The molecule has 1 aliphatic rings. The Kier molecular flexibility index (Phi) is 6.73. The second kappa shape index (κ2) is 8.88. The molecule has 10 heteroatoms. The molecule has 0 unspecified atom stereocenters. The third-order valence-electron chi connectivity index (χ3n) is 4.52. The van der Waals surface area contributed by atoms with E-state index in [-0.39, 0.29) is 39.9 Å². The minimum absolute atomic E-state index is 0.251. The Balaban J connectivity index is 1.57. The summed E-state index contributed by atoms with van der Waals surface area (Å²) >= 11 is 18.0. The van der Waals surface area contributed by atoms with E-state index in [2.05, 4.69) is 10.9 Å². The van der Waals surface area contributed by atoms with Crippen molar-refractivity contribution in [3.05, 3.63) is 57.5 Å². The van der Waals surface area contributed by atoms with E-state index in [1.165, 1.54) is 16.4 Å². The summed E-state index contributed by atoms with van der Waals surface area (Å²) < 4.78 is 26.7. The lowest BCUT2D eigenvalue weighted by molar-refractivity contribution is -0.125. The summed E-state index contributed by atoms with van der Waals surface area (Å²) in [6.07, 6.45) is 0.837. The molecule has 0 radical (unpaired) electrons. The molecule has 2 aromatic carbocycles. The van der Waals surface area contributed by atoms with Crippen molar-refractivity contribution in [2.45, 2.75) is 17.7 Å². The predicted octanol–water partition coefficient (Wildman–Crippen LogP) is 4.19. The summed E-state index contributed by atoms with van der Waals surface area (Å²) in [6, 6.07) is 11.3. The molecular weight excluding hydrogens is 445 g/mol. The molecule has 0 aromatic heterocycles. The number of hydrazine groups is 1. The molecule has 6 nitrogen and oxygen atoms in total. The molecule has 150 valence electrons. The maximum Gasteiger partial charge on any atom is 0.243 e. The first-order chi connectivity index (χ1) is 13.3. The Morgan fingerprint density at radius 2 is 1.57 bits per heavy atom. The summed E-state index contributed by atoms with van der Waals surface area (Å²) in [5, 5.41) is 0.946. The molecule has 2 aromatic rings. The Morgan fingerprint density at radius 1 is 1.00 bits per heavy atom. The van der Waals surface area contributed by atoms with E-state index in [4.69, 9.17) is 34.8 Å². The summed E-state index contributed by atoms with van der Waals surface area (Å²) in [5.74, 6) is -0.571. The van der Waals surface area contributed by atoms with E-state index >= 15 is 0 Å². The maximum atomic E-state index is 12.6. The quantitative estimate of drug-likeness (QED) is 0.653. The van der Waals surface area contributed by atoms with Crippen LogP contribution in [0.25, 0.3) is 0 Å². The average Bonchev–Trinajstić information content (AvgIpc) is 2.67. The fraction of sp³-hybridized carbons (Fsp3) is 0.278. The van der Waals surface area contributed by atoms with E-state index in [1.807, 2.05) is 0 Å². The zero-order chi connectivity index (χ0) is 20.3. The second-order valence-corrected chi connectivity index (χ2v) is 9.54. The predicted molar refractivity (Wildman–Crippen MR) is 111 cm³/mol. The van der Waals surface area contributed by atoms with Crippen molar-refractivity contribution in [3.63, 3.8) is 0 Å². The van der Waals surface area contributed by atoms with Crippen LogP contribution in [0.5, 0.6) is 0 Å². The monoisotopic (exact) mass is 461 g/mol. The standard InChI is InChI=1S/C18H18Cl3N3O3S/c19-13-10-15(20)17(16(21)11-13)22-23-18(25)12-6-8-24(9-7-12)28(26,27)14-4-2-1-3-5-14/h1-5,10-12,22H,6-9H2,(H,23,25). The summed E-state index contributed by atoms with van der Waals surface area (Å²) in [7, 11) is -3.54. The van der Waals surface area contributed by atoms with Gasteiger partial charge in [0.25, 0.3) is 0 Å². The normalized spacial score (nSPS) is 16.0. The first-order valence-corrected chi connectivity index (χ1v) is 11.1. The van der Waals surface area contributed by atoms with Crippen LogP contribution in [0.1, 0.15) is 12.8 Å². The highest BCUT2D eigenvalue weighted by atomic mass is 35.5. The van der Waals surface area contributed by atoms with Crippen LogP contribution in [-0.2, 0) is 14.8 Å². The number of piperidine rings is 1. The van der Waals surface area contributed by atoms with Crippen molar-refractivity contribution in [1.82, 2.24) is 9.73 Å². The smallest absolute Gasteiger partial charge is 0.243 e. The molecule has 1 amide bonds. The molecule has 1 saturated heterocycles. The molecule has 1 fully saturated rings. The van der Waals surface area contributed by atoms with Gasteiger partial charge in [-0.2, -0.15) is 4.31 Å². The lowest BCUT2D eigenvalue weighted by atomic mass is 9.98. The van der Waals surface area contributed by atoms with Crippen LogP contribution >= 0.6 is 34.8 Å². The van der Waals surface area contributed by atoms with Gasteiger partial charge in [0, 0.05) is 24.0 Å². The van der Waals surface area contributed by atoms with Crippen molar-refractivity contribution in [2.75, 3.05) is 18.5 Å². The van der Waals surface area contributed by atoms with Crippen LogP contribution < -0.4 is 10.9 Å². The number of halogens is 3. The fourth-order valence-corrected chi connectivity index (χ4v) is 5.39. The van der Waals surface area contributed by atoms with Crippen LogP contribution in [0.2, 0.25) is 15.1 Å². The van der Waals surface area contributed by atoms with Crippen molar-refractivity contribution in [2.24, 2.45) is 5.92 Å². The average molecular weight is 463 g/mol. The molecule has 1 aliphatic heterocycles.